The summed E-state index contributed by atoms with van der Waals surface area (Å²) >= 11 is 0. The quantitative estimate of drug-likeness (QED) is 0.645. The Balaban J connectivity index is 2.02. The molecular formula is C13H17N5O2. The van der Waals surface area contributed by atoms with Crippen molar-refractivity contribution >= 4 is 11.5 Å². The van der Waals surface area contributed by atoms with Gasteiger partial charge in [0.05, 0.1) is 10.6 Å². The summed E-state index contributed by atoms with van der Waals surface area (Å²) in [4.78, 5) is 14.5. The first kappa shape index (κ1) is 14.0. The number of hydrogen-bond acceptors (Lipinski definition) is 5. The Bertz CT molecular complexity index is 623. The Morgan fingerprint density at radius 2 is 2.20 bits per heavy atom. The molecule has 106 valence electrons. The predicted octanol–water partition coefficient (Wildman–Crippen LogP) is 2.37. The highest BCUT2D eigenvalue weighted by molar-refractivity contribution is 5.45. The van der Waals surface area contributed by atoms with Gasteiger partial charge in [-0.1, -0.05) is 0 Å². The van der Waals surface area contributed by atoms with Crippen LogP contribution in [0.4, 0.5) is 11.5 Å². The summed E-state index contributed by atoms with van der Waals surface area (Å²) < 4.78 is 0. The van der Waals surface area contributed by atoms with Crippen LogP contribution in [0.1, 0.15) is 24.0 Å². The molecule has 2 aromatic heterocycles. The summed E-state index contributed by atoms with van der Waals surface area (Å²) in [6.45, 7) is 5.60. The van der Waals surface area contributed by atoms with E-state index >= 15 is 0 Å². The smallest absolute Gasteiger partial charge is 0.290 e. The van der Waals surface area contributed by atoms with Crippen LogP contribution in [-0.2, 0) is 6.42 Å². The third-order valence-electron chi connectivity index (χ3n) is 2.92. The van der Waals surface area contributed by atoms with E-state index in [0.717, 1.165) is 17.8 Å². The second-order valence-corrected chi connectivity index (χ2v) is 4.85. The summed E-state index contributed by atoms with van der Waals surface area (Å²) in [5.74, 6) is 0.632. The van der Waals surface area contributed by atoms with E-state index in [0.29, 0.717) is 11.5 Å². The molecule has 7 heteroatoms. The molecule has 7 nitrogen and oxygen atoms in total. The van der Waals surface area contributed by atoms with Gasteiger partial charge in [0.1, 0.15) is 11.5 Å². The Labute approximate surface area is 116 Å². The predicted molar refractivity (Wildman–Crippen MR) is 75.7 cm³/mol. The molecule has 0 aromatic carbocycles. The van der Waals surface area contributed by atoms with Gasteiger partial charge in [0.2, 0.25) is 0 Å². The average molecular weight is 275 g/mol. The van der Waals surface area contributed by atoms with Crippen LogP contribution in [0.3, 0.4) is 0 Å². The fourth-order valence-electron chi connectivity index (χ4n) is 2.02. The number of aromatic nitrogens is 3. The molecule has 20 heavy (non-hydrogen) atoms. The van der Waals surface area contributed by atoms with Gasteiger partial charge >= 0.3 is 0 Å². The van der Waals surface area contributed by atoms with E-state index in [1.807, 2.05) is 19.9 Å². The van der Waals surface area contributed by atoms with Gasteiger partial charge in [-0.2, -0.15) is 5.10 Å². The number of hydrogen-bond donors (Lipinski definition) is 2. The molecule has 0 saturated heterocycles. The summed E-state index contributed by atoms with van der Waals surface area (Å²) in [6, 6.07) is 5.21. The van der Waals surface area contributed by atoms with Crippen LogP contribution < -0.4 is 5.32 Å². The van der Waals surface area contributed by atoms with Gasteiger partial charge in [0.25, 0.3) is 5.69 Å². The molecule has 0 aliphatic heterocycles. The zero-order chi connectivity index (χ0) is 14.7. The molecule has 0 spiro atoms. The lowest BCUT2D eigenvalue weighted by molar-refractivity contribution is -0.385. The van der Waals surface area contributed by atoms with Gasteiger partial charge in [-0.3, -0.25) is 15.2 Å². The van der Waals surface area contributed by atoms with Gasteiger partial charge in [-0.25, -0.2) is 4.98 Å². The minimum atomic E-state index is -0.429. The van der Waals surface area contributed by atoms with Crippen LogP contribution in [0.25, 0.3) is 0 Å². The molecule has 2 aromatic rings. The van der Waals surface area contributed by atoms with Crippen molar-refractivity contribution in [2.45, 2.75) is 33.2 Å². The zero-order valence-electron chi connectivity index (χ0n) is 11.7. The lowest BCUT2D eigenvalue weighted by atomic mass is 10.2. The number of nitrogens with zero attached hydrogens (tertiary/aromatic N) is 3. The van der Waals surface area contributed by atoms with Gasteiger partial charge in [0.15, 0.2) is 0 Å². The van der Waals surface area contributed by atoms with Crippen LogP contribution in [0, 0.1) is 24.0 Å². The van der Waals surface area contributed by atoms with Crippen molar-refractivity contribution in [3.8, 4) is 0 Å². The highest BCUT2D eigenvalue weighted by Gasteiger charge is 2.13. The van der Waals surface area contributed by atoms with Gasteiger partial charge in [-0.15, -0.1) is 0 Å². The molecule has 2 rings (SSSR count). The fraction of sp³-hybridized carbons (Fsp3) is 0.385. The molecular weight excluding hydrogens is 258 g/mol. The monoisotopic (exact) mass is 275 g/mol. The average Bonchev–Trinajstić information content (AvgIpc) is 2.74. The molecule has 0 aliphatic carbocycles. The van der Waals surface area contributed by atoms with E-state index in [9.17, 15) is 10.1 Å². The van der Waals surface area contributed by atoms with Crippen LogP contribution in [-0.4, -0.2) is 26.1 Å². The number of nitrogens with one attached hydrogen (secondary N) is 2. The summed E-state index contributed by atoms with van der Waals surface area (Å²) in [7, 11) is 0. The molecule has 0 fully saturated rings. The maximum absolute atomic E-state index is 10.7. The number of H-pyrrole nitrogens is 1. The number of nitro groups is 1. The number of aromatic amines is 1. The van der Waals surface area contributed by atoms with Crippen LogP contribution >= 0.6 is 0 Å². The number of anilines is 1. The van der Waals surface area contributed by atoms with Crippen molar-refractivity contribution in [2.24, 2.45) is 0 Å². The summed E-state index contributed by atoms with van der Waals surface area (Å²) in [5.41, 5.74) is 2.44. The number of pyridine rings is 1. The normalized spacial score (nSPS) is 12.2. The summed E-state index contributed by atoms with van der Waals surface area (Å²) in [5, 5.41) is 21.0. The van der Waals surface area contributed by atoms with Crippen molar-refractivity contribution in [3.63, 3.8) is 0 Å². The molecule has 2 heterocycles. The Kier molecular flexibility index (Phi) is 3.97. The second kappa shape index (κ2) is 5.68. The van der Waals surface area contributed by atoms with Crippen LogP contribution in [0.5, 0.6) is 0 Å². The fourth-order valence-corrected chi connectivity index (χ4v) is 2.02. The van der Waals surface area contributed by atoms with E-state index < -0.39 is 4.92 Å². The Morgan fingerprint density at radius 3 is 2.75 bits per heavy atom. The van der Waals surface area contributed by atoms with E-state index in [2.05, 4.69) is 20.5 Å². The SMILES string of the molecule is Cc1cc(CC(C)Nc2ccc([N+](=O)[O-])c(C)n2)n[nH]1. The topological polar surface area (TPSA) is 96.7 Å². The molecule has 1 unspecified atom stereocenters. The van der Waals surface area contributed by atoms with Gasteiger partial charge in [-0.05, 0) is 32.9 Å². The van der Waals surface area contributed by atoms with Crippen molar-refractivity contribution in [1.29, 1.82) is 0 Å². The molecule has 1 atom stereocenters. The largest absolute Gasteiger partial charge is 0.367 e. The van der Waals surface area contributed by atoms with Crippen molar-refractivity contribution in [2.75, 3.05) is 5.32 Å². The second-order valence-electron chi connectivity index (χ2n) is 4.85. The molecule has 0 radical (unpaired) electrons. The standard InChI is InChI=1S/C13H17N5O2/c1-8(6-11-7-9(2)16-17-11)14-13-5-4-12(18(19)20)10(3)15-13/h4-5,7-8H,6H2,1-3H3,(H,14,15)(H,16,17). The third kappa shape index (κ3) is 3.31. The summed E-state index contributed by atoms with van der Waals surface area (Å²) in [6.07, 6.45) is 0.752. The van der Waals surface area contributed by atoms with E-state index in [1.54, 1.807) is 13.0 Å². The van der Waals surface area contributed by atoms with Crippen molar-refractivity contribution < 1.29 is 4.92 Å². The van der Waals surface area contributed by atoms with Gasteiger partial charge in [0, 0.05) is 24.2 Å². The van der Waals surface area contributed by atoms with E-state index in [4.69, 9.17) is 0 Å². The number of rotatable bonds is 5. The van der Waals surface area contributed by atoms with Crippen LogP contribution in [0.15, 0.2) is 18.2 Å². The Morgan fingerprint density at radius 1 is 1.45 bits per heavy atom. The van der Waals surface area contributed by atoms with E-state index in [1.165, 1.54) is 6.07 Å². The molecule has 0 aliphatic rings. The zero-order valence-corrected chi connectivity index (χ0v) is 11.7. The molecule has 2 N–H and O–H groups in total. The first-order chi connectivity index (χ1) is 9.45. The maximum atomic E-state index is 10.7. The molecule has 0 amide bonds. The first-order valence-corrected chi connectivity index (χ1v) is 6.35. The minimum Gasteiger partial charge on any atom is -0.367 e. The first-order valence-electron chi connectivity index (χ1n) is 6.35. The lowest BCUT2D eigenvalue weighted by Crippen LogP contribution is -2.19. The maximum Gasteiger partial charge on any atom is 0.290 e. The molecule has 0 bridgehead atoms. The van der Waals surface area contributed by atoms with Crippen LogP contribution in [0.2, 0.25) is 0 Å². The highest BCUT2D eigenvalue weighted by atomic mass is 16.6. The number of aryl methyl sites for hydroxylation is 2. The lowest BCUT2D eigenvalue weighted by Gasteiger charge is -2.13. The van der Waals surface area contributed by atoms with Gasteiger partial charge < -0.3 is 5.32 Å². The third-order valence-corrected chi connectivity index (χ3v) is 2.92. The highest BCUT2D eigenvalue weighted by Crippen LogP contribution is 2.18. The minimum absolute atomic E-state index is 0.0335. The van der Waals surface area contributed by atoms with Crippen molar-refractivity contribution in [3.05, 3.63) is 45.4 Å². The van der Waals surface area contributed by atoms with E-state index in [-0.39, 0.29) is 11.7 Å². The Hall–Kier alpha value is -2.44. The van der Waals surface area contributed by atoms with Crippen molar-refractivity contribution in [1.82, 2.24) is 15.2 Å². The molecule has 0 saturated carbocycles.